The van der Waals surface area contributed by atoms with Crippen molar-refractivity contribution in [1.82, 2.24) is 14.1 Å². The Bertz CT molecular complexity index is 610. The SMILES string of the molecule is COc1c(C2CC(=O)N2S(=O)(=O)Cl)c(C)nn1C. The fraction of sp³-hybridized carbons (Fsp3) is 0.556. The summed E-state index contributed by atoms with van der Waals surface area (Å²) in [5.41, 5.74) is 1.18. The molecule has 1 aliphatic rings. The third-order valence-electron chi connectivity index (χ3n) is 2.87. The summed E-state index contributed by atoms with van der Waals surface area (Å²) in [5.74, 6) is -0.101. The zero-order valence-corrected chi connectivity index (χ0v) is 11.6. The average molecular weight is 294 g/mol. The number of aryl methyl sites for hydroxylation is 2. The molecule has 100 valence electrons. The minimum absolute atomic E-state index is 0.0782. The molecule has 18 heavy (non-hydrogen) atoms. The first-order valence-electron chi connectivity index (χ1n) is 5.11. The van der Waals surface area contributed by atoms with E-state index in [1.807, 2.05) is 0 Å². The fourth-order valence-corrected chi connectivity index (χ4v) is 3.49. The third kappa shape index (κ3) is 1.85. The fourth-order valence-electron chi connectivity index (χ4n) is 2.17. The number of β-lactam (4-membered cyclic amide) rings is 1. The first kappa shape index (κ1) is 13.2. The Hall–Kier alpha value is -1.28. The highest BCUT2D eigenvalue weighted by Crippen LogP contribution is 2.43. The molecule has 1 atom stereocenters. The van der Waals surface area contributed by atoms with Crippen molar-refractivity contribution in [3.63, 3.8) is 0 Å². The summed E-state index contributed by atoms with van der Waals surface area (Å²) in [7, 11) is 4.29. The molecule has 1 unspecified atom stereocenters. The molecule has 1 aromatic heterocycles. The van der Waals surface area contributed by atoms with Crippen molar-refractivity contribution in [2.75, 3.05) is 7.11 Å². The molecule has 0 radical (unpaired) electrons. The van der Waals surface area contributed by atoms with Crippen LogP contribution in [-0.4, -0.2) is 35.5 Å². The molecule has 2 rings (SSSR count). The molecule has 1 amide bonds. The zero-order valence-electron chi connectivity index (χ0n) is 10.0. The molecule has 0 bridgehead atoms. The van der Waals surface area contributed by atoms with Crippen molar-refractivity contribution in [1.29, 1.82) is 0 Å². The van der Waals surface area contributed by atoms with Crippen molar-refractivity contribution >= 4 is 25.8 Å². The Kier molecular flexibility index (Phi) is 3.02. The van der Waals surface area contributed by atoms with E-state index in [1.54, 1.807) is 14.0 Å². The van der Waals surface area contributed by atoms with Gasteiger partial charge in [-0.15, -0.1) is 0 Å². The van der Waals surface area contributed by atoms with Gasteiger partial charge in [-0.1, -0.05) is 0 Å². The highest BCUT2D eigenvalue weighted by atomic mass is 35.7. The van der Waals surface area contributed by atoms with Crippen LogP contribution in [0.15, 0.2) is 0 Å². The van der Waals surface area contributed by atoms with Crippen molar-refractivity contribution in [3.8, 4) is 5.88 Å². The van der Waals surface area contributed by atoms with E-state index in [2.05, 4.69) is 5.10 Å². The van der Waals surface area contributed by atoms with E-state index in [9.17, 15) is 13.2 Å². The summed E-state index contributed by atoms with van der Waals surface area (Å²) >= 11 is 0. The van der Waals surface area contributed by atoms with Gasteiger partial charge >= 0.3 is 9.24 Å². The summed E-state index contributed by atoms with van der Waals surface area (Å²) in [6.07, 6.45) is 0.0782. The first-order chi connectivity index (χ1) is 8.27. The van der Waals surface area contributed by atoms with E-state index in [0.29, 0.717) is 21.4 Å². The Labute approximate surface area is 109 Å². The van der Waals surface area contributed by atoms with Gasteiger partial charge in [0.05, 0.1) is 30.8 Å². The topological polar surface area (TPSA) is 81.5 Å². The molecule has 1 saturated heterocycles. The van der Waals surface area contributed by atoms with E-state index in [4.69, 9.17) is 15.4 Å². The minimum Gasteiger partial charge on any atom is -0.481 e. The van der Waals surface area contributed by atoms with Gasteiger partial charge in [0.15, 0.2) is 0 Å². The van der Waals surface area contributed by atoms with Crippen LogP contribution in [-0.2, 0) is 21.1 Å². The molecule has 0 aromatic carbocycles. The molecule has 0 N–H and O–H groups in total. The molecule has 2 heterocycles. The standard InChI is InChI=1S/C9H12ClN3O4S/c1-5-8(9(17-3)12(2)11-5)6-4-7(14)13(6)18(10,15)16/h6H,4H2,1-3H3. The normalized spacial score (nSPS) is 19.9. The van der Waals surface area contributed by atoms with Gasteiger partial charge in [0, 0.05) is 17.7 Å². The van der Waals surface area contributed by atoms with Crippen molar-refractivity contribution < 1.29 is 17.9 Å². The second-order valence-corrected chi connectivity index (χ2v) is 6.37. The summed E-state index contributed by atoms with van der Waals surface area (Å²) in [6, 6.07) is -0.636. The van der Waals surface area contributed by atoms with Gasteiger partial charge in [-0.3, -0.25) is 4.79 Å². The van der Waals surface area contributed by atoms with Crippen LogP contribution < -0.4 is 4.74 Å². The van der Waals surface area contributed by atoms with E-state index >= 15 is 0 Å². The molecule has 0 saturated carbocycles. The van der Waals surface area contributed by atoms with Crippen LogP contribution in [0.4, 0.5) is 0 Å². The second kappa shape index (κ2) is 4.13. The van der Waals surface area contributed by atoms with Crippen LogP contribution in [0, 0.1) is 6.92 Å². The van der Waals surface area contributed by atoms with Crippen LogP contribution in [0.5, 0.6) is 5.88 Å². The predicted molar refractivity (Wildman–Crippen MR) is 63.5 cm³/mol. The Morgan fingerprint density at radius 1 is 1.50 bits per heavy atom. The lowest BCUT2D eigenvalue weighted by Gasteiger charge is -2.37. The lowest BCUT2D eigenvalue weighted by Crippen LogP contribution is -2.48. The number of methoxy groups -OCH3 is 1. The van der Waals surface area contributed by atoms with Crippen molar-refractivity contribution in [3.05, 3.63) is 11.3 Å². The van der Waals surface area contributed by atoms with Gasteiger partial charge in [-0.2, -0.15) is 13.5 Å². The van der Waals surface area contributed by atoms with Crippen LogP contribution in [0.2, 0.25) is 0 Å². The lowest BCUT2D eigenvalue weighted by molar-refractivity contribution is -0.137. The maximum Gasteiger partial charge on any atom is 0.324 e. The van der Waals surface area contributed by atoms with Gasteiger partial charge in [0.25, 0.3) is 0 Å². The molecule has 0 spiro atoms. The highest BCUT2D eigenvalue weighted by molar-refractivity contribution is 8.12. The van der Waals surface area contributed by atoms with Gasteiger partial charge < -0.3 is 4.74 Å². The number of amides is 1. The van der Waals surface area contributed by atoms with E-state index in [-0.39, 0.29) is 6.42 Å². The molecular formula is C9H12ClN3O4S. The quantitative estimate of drug-likeness (QED) is 0.598. The lowest BCUT2D eigenvalue weighted by atomic mass is 9.97. The molecular weight excluding hydrogens is 282 g/mol. The average Bonchev–Trinajstić information content (AvgIpc) is 2.46. The number of carbonyl (C=O) groups is 1. The first-order valence-corrected chi connectivity index (χ1v) is 7.38. The van der Waals surface area contributed by atoms with E-state index < -0.39 is 21.2 Å². The number of aromatic nitrogens is 2. The summed E-state index contributed by atoms with van der Waals surface area (Å²) in [4.78, 5) is 11.4. The third-order valence-corrected chi connectivity index (χ3v) is 4.25. The van der Waals surface area contributed by atoms with E-state index in [1.165, 1.54) is 11.8 Å². The van der Waals surface area contributed by atoms with Gasteiger partial charge in [-0.05, 0) is 6.92 Å². The van der Waals surface area contributed by atoms with E-state index in [0.717, 1.165) is 0 Å². The van der Waals surface area contributed by atoms with Gasteiger partial charge in [-0.25, -0.2) is 8.99 Å². The number of hydrogen-bond donors (Lipinski definition) is 0. The zero-order chi connectivity index (χ0) is 13.7. The number of ether oxygens (including phenoxy) is 1. The molecule has 9 heteroatoms. The maximum absolute atomic E-state index is 11.4. The molecule has 7 nitrogen and oxygen atoms in total. The van der Waals surface area contributed by atoms with Crippen molar-refractivity contribution in [2.24, 2.45) is 7.05 Å². The maximum atomic E-state index is 11.4. The molecule has 1 aromatic rings. The number of nitrogens with zero attached hydrogens (tertiary/aromatic N) is 3. The largest absolute Gasteiger partial charge is 0.481 e. The van der Waals surface area contributed by atoms with Crippen LogP contribution in [0.1, 0.15) is 23.7 Å². The smallest absolute Gasteiger partial charge is 0.324 e. The van der Waals surface area contributed by atoms with Gasteiger partial charge in [0.2, 0.25) is 11.8 Å². The summed E-state index contributed by atoms with van der Waals surface area (Å²) < 4.78 is 30.0. The summed E-state index contributed by atoms with van der Waals surface area (Å²) in [6.45, 7) is 1.72. The number of hydrogen-bond acceptors (Lipinski definition) is 5. The molecule has 1 fully saturated rings. The number of carbonyl (C=O) groups excluding carboxylic acids is 1. The van der Waals surface area contributed by atoms with Crippen LogP contribution in [0.25, 0.3) is 0 Å². The molecule has 1 aliphatic heterocycles. The summed E-state index contributed by atoms with van der Waals surface area (Å²) in [5, 5.41) is 4.14. The van der Waals surface area contributed by atoms with Crippen LogP contribution >= 0.6 is 10.7 Å². The highest BCUT2D eigenvalue weighted by Gasteiger charge is 2.47. The number of rotatable bonds is 3. The predicted octanol–water partition coefficient (Wildman–Crippen LogP) is 0.494. The number of halogens is 1. The Balaban J connectivity index is 2.48. The second-order valence-electron chi connectivity index (χ2n) is 3.98. The Morgan fingerprint density at radius 3 is 2.56 bits per heavy atom. The molecule has 0 aliphatic carbocycles. The van der Waals surface area contributed by atoms with Crippen molar-refractivity contribution in [2.45, 2.75) is 19.4 Å². The minimum atomic E-state index is -4.08. The monoisotopic (exact) mass is 293 g/mol. The van der Waals surface area contributed by atoms with Gasteiger partial charge in [0.1, 0.15) is 0 Å². The van der Waals surface area contributed by atoms with Crippen LogP contribution in [0.3, 0.4) is 0 Å². The Morgan fingerprint density at radius 2 is 2.11 bits per heavy atom.